The molecule has 2 aliphatic rings. The van der Waals surface area contributed by atoms with Crippen LogP contribution >= 0.6 is 24.0 Å². The van der Waals surface area contributed by atoms with Gasteiger partial charge in [0.1, 0.15) is 9.23 Å². The van der Waals surface area contributed by atoms with Gasteiger partial charge in [-0.25, -0.2) is 0 Å². The monoisotopic (exact) mass is 342 g/mol. The molecule has 1 amide bonds. The molecule has 0 saturated carbocycles. The van der Waals surface area contributed by atoms with Crippen molar-refractivity contribution in [2.75, 3.05) is 18.0 Å². The van der Waals surface area contributed by atoms with Crippen LogP contribution < -0.4 is 4.90 Å². The topological polar surface area (TPSA) is 23.6 Å². The molecule has 1 aromatic rings. The Balaban J connectivity index is 2.07. The van der Waals surface area contributed by atoms with Gasteiger partial charge < -0.3 is 4.90 Å². The zero-order valence-electron chi connectivity index (χ0n) is 13.2. The number of rotatable bonds is 3. The Bertz CT molecular complexity index is 764. The first-order valence-corrected chi connectivity index (χ1v) is 8.74. The van der Waals surface area contributed by atoms with Crippen molar-refractivity contribution in [2.24, 2.45) is 0 Å². The van der Waals surface area contributed by atoms with Gasteiger partial charge in [-0.3, -0.25) is 9.69 Å². The maximum atomic E-state index is 12.7. The minimum Gasteiger partial charge on any atom is -0.340 e. The summed E-state index contributed by atoms with van der Waals surface area (Å²) in [6.45, 7) is 9.12. The van der Waals surface area contributed by atoms with E-state index in [2.05, 4.69) is 49.6 Å². The zero-order valence-corrected chi connectivity index (χ0v) is 14.8. The number of benzene rings is 1. The lowest BCUT2D eigenvalue weighted by Crippen LogP contribution is -2.30. The summed E-state index contributed by atoms with van der Waals surface area (Å²) in [5.41, 5.74) is 4.46. The predicted octanol–water partition coefficient (Wildman–Crippen LogP) is 4.11. The Morgan fingerprint density at radius 3 is 2.78 bits per heavy atom. The van der Waals surface area contributed by atoms with Crippen molar-refractivity contribution in [1.29, 1.82) is 0 Å². The van der Waals surface area contributed by atoms with Crippen molar-refractivity contribution in [2.45, 2.75) is 13.8 Å². The molecule has 2 aliphatic heterocycles. The van der Waals surface area contributed by atoms with Crippen LogP contribution in [0.5, 0.6) is 0 Å². The fourth-order valence-electron chi connectivity index (χ4n) is 2.82. The summed E-state index contributed by atoms with van der Waals surface area (Å²) in [6, 6.07) is 6.37. The van der Waals surface area contributed by atoms with E-state index >= 15 is 0 Å². The lowest BCUT2D eigenvalue weighted by Gasteiger charge is -2.30. The summed E-state index contributed by atoms with van der Waals surface area (Å²) in [6.07, 6.45) is 5.79. The highest BCUT2D eigenvalue weighted by Crippen LogP contribution is 2.39. The summed E-state index contributed by atoms with van der Waals surface area (Å²) >= 11 is 6.71. The van der Waals surface area contributed by atoms with Crippen LogP contribution in [-0.2, 0) is 4.79 Å². The first kappa shape index (κ1) is 16.0. The summed E-state index contributed by atoms with van der Waals surface area (Å²) < 4.78 is 0.594. The number of amides is 1. The number of allylic oxidation sites excluding steroid dienone is 1. The Morgan fingerprint density at radius 2 is 2.09 bits per heavy atom. The van der Waals surface area contributed by atoms with Gasteiger partial charge in [-0.15, -0.1) is 6.58 Å². The molecule has 0 radical (unpaired) electrons. The predicted molar refractivity (Wildman–Crippen MR) is 102 cm³/mol. The van der Waals surface area contributed by atoms with Crippen molar-refractivity contribution in [1.82, 2.24) is 4.90 Å². The standard InChI is InChI=1S/C18H18N2OS2/c1-4-10-20-17(21)16(23-18(20)22)15-9-7-13-11-12(3)6-8-14(13)19(15)5-2/h4,6-9,11H,1,5,10H2,2-3H3/b16-15+. The fraction of sp³-hybridized carbons (Fsp3) is 0.222. The molecule has 0 unspecified atom stereocenters. The van der Waals surface area contributed by atoms with Crippen LogP contribution in [0.4, 0.5) is 5.69 Å². The molecule has 0 atom stereocenters. The molecule has 0 aromatic heterocycles. The minimum atomic E-state index is -0.0337. The van der Waals surface area contributed by atoms with Gasteiger partial charge in [-0.05, 0) is 37.6 Å². The average Bonchev–Trinajstić information content (AvgIpc) is 2.82. The SMILES string of the molecule is C=CCN1C(=O)/C(=C2/C=Cc3cc(C)ccc3N2CC)SC1=S. The Labute approximate surface area is 146 Å². The van der Waals surface area contributed by atoms with Gasteiger partial charge in [0.2, 0.25) is 0 Å². The minimum absolute atomic E-state index is 0.0337. The average molecular weight is 342 g/mol. The number of anilines is 1. The molecule has 0 spiro atoms. The van der Waals surface area contributed by atoms with Gasteiger partial charge in [0, 0.05) is 18.8 Å². The molecule has 23 heavy (non-hydrogen) atoms. The van der Waals surface area contributed by atoms with E-state index in [1.54, 1.807) is 11.0 Å². The lowest BCUT2D eigenvalue weighted by atomic mass is 10.0. The number of carbonyl (C=O) groups is 1. The van der Waals surface area contributed by atoms with Gasteiger partial charge in [0.25, 0.3) is 5.91 Å². The largest absolute Gasteiger partial charge is 0.340 e. The maximum Gasteiger partial charge on any atom is 0.268 e. The van der Waals surface area contributed by atoms with Crippen LogP contribution in [0.1, 0.15) is 18.1 Å². The van der Waals surface area contributed by atoms with Crippen LogP contribution in [-0.4, -0.2) is 28.2 Å². The molecular formula is C18H18N2OS2. The molecule has 1 saturated heterocycles. The van der Waals surface area contributed by atoms with Gasteiger partial charge in [0.15, 0.2) is 0 Å². The highest BCUT2D eigenvalue weighted by Gasteiger charge is 2.35. The van der Waals surface area contributed by atoms with E-state index in [1.165, 1.54) is 22.9 Å². The van der Waals surface area contributed by atoms with Crippen LogP contribution in [0.25, 0.3) is 6.08 Å². The number of hydrogen-bond acceptors (Lipinski definition) is 4. The number of aryl methyl sites for hydroxylation is 1. The molecule has 1 fully saturated rings. The number of nitrogens with zero attached hydrogens (tertiary/aromatic N) is 2. The Morgan fingerprint density at radius 1 is 1.30 bits per heavy atom. The first-order chi connectivity index (χ1) is 11.1. The fourth-order valence-corrected chi connectivity index (χ4v) is 4.15. The van der Waals surface area contributed by atoms with E-state index in [9.17, 15) is 4.79 Å². The Kier molecular flexibility index (Phi) is 4.41. The van der Waals surface area contributed by atoms with Crippen LogP contribution in [0.2, 0.25) is 0 Å². The zero-order chi connectivity index (χ0) is 16.6. The molecule has 3 nitrogen and oxygen atoms in total. The summed E-state index contributed by atoms with van der Waals surface area (Å²) in [5, 5.41) is 0. The number of likely N-dealkylation sites (N-methyl/N-ethyl adjacent to an activating group) is 1. The van der Waals surface area contributed by atoms with E-state index in [0.29, 0.717) is 15.8 Å². The van der Waals surface area contributed by atoms with Crippen LogP contribution in [0.3, 0.4) is 0 Å². The van der Waals surface area contributed by atoms with E-state index in [4.69, 9.17) is 12.2 Å². The normalized spacial score (nSPS) is 20.3. The second-order valence-electron chi connectivity index (χ2n) is 5.43. The van der Waals surface area contributed by atoms with Crippen molar-refractivity contribution < 1.29 is 4.79 Å². The number of hydrogen-bond donors (Lipinski definition) is 0. The second kappa shape index (κ2) is 6.34. The van der Waals surface area contributed by atoms with E-state index in [-0.39, 0.29) is 5.91 Å². The number of fused-ring (bicyclic) bond motifs is 1. The molecule has 5 heteroatoms. The highest BCUT2D eigenvalue weighted by molar-refractivity contribution is 8.26. The second-order valence-corrected chi connectivity index (χ2v) is 7.07. The Hall–Kier alpha value is -1.85. The third kappa shape index (κ3) is 2.75. The molecule has 2 heterocycles. The number of thiocarbonyl (C=S) groups is 1. The molecular weight excluding hydrogens is 324 g/mol. The molecule has 118 valence electrons. The summed E-state index contributed by atoms with van der Waals surface area (Å²) in [7, 11) is 0. The van der Waals surface area contributed by atoms with Crippen molar-refractivity contribution in [3.05, 3.63) is 58.7 Å². The van der Waals surface area contributed by atoms with E-state index in [1.807, 2.05) is 6.08 Å². The third-order valence-electron chi connectivity index (χ3n) is 3.90. The van der Waals surface area contributed by atoms with Gasteiger partial charge in [-0.2, -0.15) is 0 Å². The van der Waals surface area contributed by atoms with Gasteiger partial charge in [0.05, 0.1) is 5.70 Å². The van der Waals surface area contributed by atoms with E-state index < -0.39 is 0 Å². The van der Waals surface area contributed by atoms with Gasteiger partial charge in [-0.1, -0.05) is 47.8 Å². The lowest BCUT2D eigenvalue weighted by molar-refractivity contribution is -0.121. The summed E-state index contributed by atoms with van der Waals surface area (Å²) in [4.78, 5) is 17.2. The van der Waals surface area contributed by atoms with Crippen LogP contribution in [0, 0.1) is 6.92 Å². The van der Waals surface area contributed by atoms with Crippen molar-refractivity contribution in [3.63, 3.8) is 0 Å². The molecule has 1 aromatic carbocycles. The number of carbonyl (C=O) groups excluding carboxylic acids is 1. The van der Waals surface area contributed by atoms with Crippen molar-refractivity contribution >= 4 is 46.0 Å². The molecule has 0 aliphatic carbocycles. The smallest absolute Gasteiger partial charge is 0.268 e. The third-order valence-corrected chi connectivity index (χ3v) is 5.35. The van der Waals surface area contributed by atoms with Crippen LogP contribution in [0.15, 0.2) is 47.5 Å². The first-order valence-electron chi connectivity index (χ1n) is 7.52. The van der Waals surface area contributed by atoms with E-state index in [0.717, 1.165) is 17.9 Å². The highest BCUT2D eigenvalue weighted by atomic mass is 32.2. The molecule has 3 rings (SSSR count). The quantitative estimate of drug-likeness (QED) is 0.469. The summed E-state index contributed by atoms with van der Waals surface area (Å²) in [5.74, 6) is -0.0337. The van der Waals surface area contributed by atoms with Crippen molar-refractivity contribution in [3.8, 4) is 0 Å². The number of thioether (sulfide) groups is 1. The molecule has 0 N–H and O–H groups in total. The molecule has 0 bridgehead atoms. The maximum absolute atomic E-state index is 12.7. The van der Waals surface area contributed by atoms with Gasteiger partial charge >= 0.3 is 0 Å².